The van der Waals surface area contributed by atoms with E-state index in [1.54, 1.807) is 12.4 Å². The van der Waals surface area contributed by atoms with E-state index >= 15 is 0 Å². The largest absolute Gasteiger partial charge is 0.352 e. The number of pyridine rings is 1. The van der Waals surface area contributed by atoms with Gasteiger partial charge in [0, 0.05) is 43.7 Å². The number of carbonyl (C=O) groups is 1. The number of aromatic nitrogens is 3. The molecular formula is C14H19N5O. The average Bonchev–Trinajstić information content (AvgIpc) is 2.89. The maximum Gasteiger partial charge on any atom is 0.221 e. The maximum atomic E-state index is 11.6. The number of carbonyl (C=O) groups excluding carboxylic acids is 1. The molecule has 1 amide bonds. The summed E-state index contributed by atoms with van der Waals surface area (Å²) >= 11 is 0. The zero-order valence-electron chi connectivity index (χ0n) is 11.8. The van der Waals surface area contributed by atoms with E-state index in [-0.39, 0.29) is 5.91 Å². The molecule has 0 aliphatic carbocycles. The van der Waals surface area contributed by atoms with Gasteiger partial charge in [0.1, 0.15) is 11.6 Å². The van der Waals surface area contributed by atoms with Gasteiger partial charge in [-0.25, -0.2) is 9.97 Å². The molecular weight excluding hydrogens is 254 g/mol. The first-order valence-electron chi connectivity index (χ1n) is 6.58. The van der Waals surface area contributed by atoms with E-state index in [1.807, 2.05) is 36.9 Å². The van der Waals surface area contributed by atoms with Crippen LogP contribution >= 0.6 is 0 Å². The molecule has 0 unspecified atom stereocenters. The number of rotatable bonds is 6. The minimum absolute atomic E-state index is 0.0245. The Bertz CT molecular complexity index is 578. The fraction of sp³-hybridized carbons (Fsp3) is 0.357. The predicted octanol–water partition coefficient (Wildman–Crippen LogP) is 0.801. The molecule has 20 heavy (non-hydrogen) atoms. The van der Waals surface area contributed by atoms with Crippen molar-refractivity contribution in [1.82, 2.24) is 25.2 Å². The van der Waals surface area contributed by atoms with E-state index in [2.05, 4.69) is 20.6 Å². The third-order valence-corrected chi connectivity index (χ3v) is 3.00. The molecule has 0 atom stereocenters. The molecule has 2 N–H and O–H groups in total. The van der Waals surface area contributed by atoms with Crippen molar-refractivity contribution in [3.05, 3.63) is 42.1 Å². The third kappa shape index (κ3) is 3.42. The van der Waals surface area contributed by atoms with Crippen LogP contribution in [0, 0.1) is 6.92 Å². The molecule has 2 aromatic rings. The van der Waals surface area contributed by atoms with Gasteiger partial charge in [-0.05, 0) is 20.0 Å². The molecule has 0 aliphatic rings. The van der Waals surface area contributed by atoms with Crippen LogP contribution in [0.5, 0.6) is 0 Å². The zero-order chi connectivity index (χ0) is 14.4. The van der Waals surface area contributed by atoms with Crippen molar-refractivity contribution in [1.29, 1.82) is 0 Å². The molecule has 106 valence electrons. The van der Waals surface area contributed by atoms with Crippen molar-refractivity contribution < 1.29 is 4.79 Å². The summed E-state index contributed by atoms with van der Waals surface area (Å²) in [6, 6.07) is 3.82. The van der Waals surface area contributed by atoms with Crippen LogP contribution in [0.4, 0.5) is 0 Å². The van der Waals surface area contributed by atoms with E-state index in [4.69, 9.17) is 0 Å². The van der Waals surface area contributed by atoms with Crippen LogP contribution in [0.3, 0.4) is 0 Å². The molecule has 0 radical (unpaired) electrons. The quantitative estimate of drug-likeness (QED) is 0.816. The van der Waals surface area contributed by atoms with Crippen LogP contribution in [0.1, 0.15) is 17.8 Å². The summed E-state index contributed by atoms with van der Waals surface area (Å²) < 4.78 is 1.91. The van der Waals surface area contributed by atoms with Crippen LogP contribution in [-0.2, 0) is 11.3 Å². The molecule has 0 fully saturated rings. The Hall–Kier alpha value is -2.21. The van der Waals surface area contributed by atoms with Gasteiger partial charge in [0.15, 0.2) is 0 Å². The number of nitrogens with zero attached hydrogens (tertiary/aromatic N) is 3. The van der Waals surface area contributed by atoms with Crippen LogP contribution in [0.15, 0.2) is 30.7 Å². The third-order valence-electron chi connectivity index (χ3n) is 3.00. The molecule has 2 heterocycles. The first kappa shape index (κ1) is 14.2. The molecule has 0 aliphatic heterocycles. The van der Waals surface area contributed by atoms with Crippen molar-refractivity contribution >= 4 is 5.91 Å². The van der Waals surface area contributed by atoms with Crippen molar-refractivity contribution in [2.75, 3.05) is 13.6 Å². The summed E-state index contributed by atoms with van der Waals surface area (Å²) in [5.74, 6) is 1.69. The topological polar surface area (TPSA) is 71.8 Å². The second-order valence-electron chi connectivity index (χ2n) is 4.46. The summed E-state index contributed by atoms with van der Waals surface area (Å²) in [6.07, 6.45) is 5.81. The summed E-state index contributed by atoms with van der Waals surface area (Å²) in [5.41, 5.74) is 0.964. The molecule has 0 bridgehead atoms. The highest BCUT2D eigenvalue weighted by atomic mass is 16.1. The van der Waals surface area contributed by atoms with E-state index in [9.17, 15) is 4.79 Å². The lowest BCUT2D eigenvalue weighted by Gasteiger charge is -2.11. The number of aryl methyl sites for hydroxylation is 1. The maximum absolute atomic E-state index is 11.6. The lowest BCUT2D eigenvalue weighted by atomic mass is 10.2. The van der Waals surface area contributed by atoms with Crippen LogP contribution in [0.25, 0.3) is 5.82 Å². The van der Waals surface area contributed by atoms with E-state index in [1.165, 1.54) is 0 Å². The van der Waals surface area contributed by atoms with Gasteiger partial charge in [0.2, 0.25) is 5.91 Å². The van der Waals surface area contributed by atoms with Crippen molar-refractivity contribution in [3.8, 4) is 5.82 Å². The van der Waals surface area contributed by atoms with Gasteiger partial charge < -0.3 is 10.6 Å². The highest BCUT2D eigenvalue weighted by molar-refractivity contribution is 5.76. The smallest absolute Gasteiger partial charge is 0.221 e. The molecule has 0 spiro atoms. The molecule has 6 nitrogen and oxygen atoms in total. The monoisotopic (exact) mass is 273 g/mol. The number of hydrogen-bond donors (Lipinski definition) is 2. The van der Waals surface area contributed by atoms with E-state index in [0.29, 0.717) is 19.5 Å². The first-order valence-corrected chi connectivity index (χ1v) is 6.58. The van der Waals surface area contributed by atoms with Gasteiger partial charge in [-0.2, -0.15) is 0 Å². The summed E-state index contributed by atoms with van der Waals surface area (Å²) in [6.45, 7) is 3.06. The molecule has 0 aromatic carbocycles. The van der Waals surface area contributed by atoms with Crippen molar-refractivity contribution in [3.63, 3.8) is 0 Å². The second kappa shape index (κ2) is 6.81. The number of hydrogen-bond acceptors (Lipinski definition) is 4. The highest BCUT2D eigenvalue weighted by Crippen LogP contribution is 2.12. The van der Waals surface area contributed by atoms with Gasteiger partial charge in [0.25, 0.3) is 0 Å². The van der Waals surface area contributed by atoms with Gasteiger partial charge in [-0.1, -0.05) is 6.07 Å². The number of nitrogens with one attached hydrogen (secondary N) is 2. The Balaban J connectivity index is 2.09. The van der Waals surface area contributed by atoms with Crippen LogP contribution in [0.2, 0.25) is 0 Å². The van der Waals surface area contributed by atoms with Crippen LogP contribution < -0.4 is 10.6 Å². The molecule has 2 rings (SSSR count). The van der Waals surface area contributed by atoms with Gasteiger partial charge in [0.05, 0.1) is 0 Å². The Morgan fingerprint density at radius 3 is 2.90 bits per heavy atom. The molecule has 2 aromatic heterocycles. The normalized spacial score (nSPS) is 10.5. The minimum atomic E-state index is 0.0245. The standard InChI is InChI=1S/C14H19N5O/c1-11-16-8-9-19(11)14-12(4-3-6-17-14)10-18-13(20)5-7-15-2/h3-4,6,8-9,15H,5,7,10H2,1-2H3,(H,18,20). The molecule has 0 saturated heterocycles. The minimum Gasteiger partial charge on any atom is -0.352 e. The predicted molar refractivity (Wildman–Crippen MR) is 76.5 cm³/mol. The Kier molecular flexibility index (Phi) is 4.84. The van der Waals surface area contributed by atoms with Crippen molar-refractivity contribution in [2.45, 2.75) is 19.9 Å². The van der Waals surface area contributed by atoms with Gasteiger partial charge in [-0.15, -0.1) is 0 Å². The average molecular weight is 273 g/mol. The zero-order valence-corrected chi connectivity index (χ0v) is 11.8. The van der Waals surface area contributed by atoms with E-state index in [0.717, 1.165) is 17.2 Å². The fourth-order valence-corrected chi connectivity index (χ4v) is 1.91. The Morgan fingerprint density at radius 1 is 1.35 bits per heavy atom. The fourth-order valence-electron chi connectivity index (χ4n) is 1.91. The summed E-state index contributed by atoms with van der Waals surface area (Å²) in [4.78, 5) is 20.2. The first-order chi connectivity index (χ1) is 9.72. The van der Waals surface area contributed by atoms with E-state index < -0.39 is 0 Å². The Morgan fingerprint density at radius 2 is 2.20 bits per heavy atom. The summed E-state index contributed by atoms with van der Waals surface area (Å²) in [5, 5.41) is 5.86. The van der Waals surface area contributed by atoms with Crippen molar-refractivity contribution in [2.24, 2.45) is 0 Å². The summed E-state index contributed by atoms with van der Waals surface area (Å²) in [7, 11) is 1.83. The molecule has 6 heteroatoms. The lowest BCUT2D eigenvalue weighted by Crippen LogP contribution is -2.26. The number of amides is 1. The van der Waals surface area contributed by atoms with Crippen LogP contribution in [-0.4, -0.2) is 34.0 Å². The lowest BCUT2D eigenvalue weighted by molar-refractivity contribution is -0.121. The van der Waals surface area contributed by atoms with Gasteiger partial charge >= 0.3 is 0 Å². The highest BCUT2D eigenvalue weighted by Gasteiger charge is 2.09. The molecule has 0 saturated carbocycles. The SMILES string of the molecule is CNCCC(=O)NCc1cccnc1-n1ccnc1C. The Labute approximate surface area is 118 Å². The van der Waals surface area contributed by atoms with Gasteiger partial charge in [-0.3, -0.25) is 9.36 Å². The number of imidazole rings is 1. The second-order valence-corrected chi connectivity index (χ2v) is 4.46.